The van der Waals surface area contributed by atoms with Gasteiger partial charge in [-0.3, -0.25) is 4.39 Å². The fourth-order valence-corrected chi connectivity index (χ4v) is 18.2. The molecule has 0 aromatic rings. The number of rotatable bonds is 25. The number of methoxy groups -OCH3 is 1. The Morgan fingerprint density at radius 3 is 0.573 bits per heavy atom. The average molecular weight is 2200 g/mol. The van der Waals surface area contributed by atoms with Crippen LogP contribution < -0.4 is 0 Å². The highest BCUT2D eigenvalue weighted by Crippen LogP contribution is 2.49. The van der Waals surface area contributed by atoms with Crippen LogP contribution in [0.2, 0.25) is 0 Å². The van der Waals surface area contributed by atoms with Crippen LogP contribution in [0.5, 0.6) is 0 Å². The molecule has 6 unspecified atom stereocenters. The van der Waals surface area contributed by atoms with Gasteiger partial charge >= 0.3 is 0 Å². The molecular weight excluding hydrogens is 1930 g/mol. The molecule has 6 atom stereocenters. The van der Waals surface area contributed by atoms with E-state index in [1.54, 1.807) is 76.2 Å². The van der Waals surface area contributed by atoms with Crippen molar-refractivity contribution in [1.82, 2.24) is 0 Å². The topological polar surface area (TPSA) is 18.5 Å². The minimum Gasteiger partial charge on any atom is -0.380 e. The lowest BCUT2D eigenvalue weighted by molar-refractivity contribution is -0.119. The molecule has 150 heavy (non-hydrogen) atoms. The number of hydrogen-bond acceptors (Lipinski definition) is 2. The van der Waals surface area contributed by atoms with Crippen molar-refractivity contribution in [1.29, 1.82) is 0 Å². The summed E-state index contributed by atoms with van der Waals surface area (Å²) in [5, 5.41) is 0. The first-order chi connectivity index (χ1) is 64.3. The Hall–Kier alpha value is -1.27. The van der Waals surface area contributed by atoms with E-state index in [1.807, 2.05) is 118 Å². The van der Waals surface area contributed by atoms with E-state index in [0.29, 0.717) is 90.3 Å². The molecule has 1 saturated carbocycles. The smallest absolute Gasteiger partial charge is 0.271 e. The third-order valence-corrected chi connectivity index (χ3v) is 21.0. The van der Waals surface area contributed by atoms with E-state index < -0.39 is 71.2 Å². The molecule has 0 bridgehead atoms. The first-order valence-corrected chi connectivity index (χ1v) is 57.8. The summed E-state index contributed by atoms with van der Waals surface area (Å²) in [6.07, 6.45) is 12.5. The molecule has 928 valence electrons. The van der Waals surface area contributed by atoms with Crippen molar-refractivity contribution in [2.75, 3.05) is 33.6 Å². The molecule has 2 nitrogen and oxygen atoms in total. The third kappa shape index (κ3) is 191. The third-order valence-electron chi connectivity index (χ3n) is 21.0. The van der Waals surface area contributed by atoms with Crippen LogP contribution in [0, 0.1) is 115 Å². The summed E-state index contributed by atoms with van der Waals surface area (Å²) in [6, 6.07) is 0. The van der Waals surface area contributed by atoms with Crippen LogP contribution in [-0.2, 0) is 9.47 Å². The summed E-state index contributed by atoms with van der Waals surface area (Å²) < 4.78 is 224. The van der Waals surface area contributed by atoms with Crippen molar-refractivity contribution < 1.29 is 84.1 Å². The van der Waals surface area contributed by atoms with Gasteiger partial charge in [0.15, 0.2) is 0 Å². The minimum atomic E-state index is -2.69. The molecule has 0 spiro atoms. The molecule has 1 aliphatic heterocycles. The number of alkyl halides is 17. The number of halogens is 17. The molecule has 0 radical (unpaired) electrons. The van der Waals surface area contributed by atoms with Crippen LogP contribution in [0.1, 0.15) is 638 Å². The van der Waals surface area contributed by atoms with Gasteiger partial charge in [0.2, 0.25) is 24.2 Å². The van der Waals surface area contributed by atoms with Gasteiger partial charge in [0.1, 0.15) is 41.1 Å². The fraction of sp³-hybridized carbons (Fsp3) is 1.00. The van der Waals surface area contributed by atoms with Crippen LogP contribution in [0.3, 0.4) is 0 Å². The molecule has 2 aliphatic rings. The maximum absolute atomic E-state index is 13.3. The van der Waals surface area contributed by atoms with E-state index in [-0.39, 0.29) is 123 Å². The van der Waals surface area contributed by atoms with E-state index >= 15 is 0 Å². The van der Waals surface area contributed by atoms with Crippen LogP contribution in [0.25, 0.3) is 0 Å². The van der Waals surface area contributed by atoms with Crippen LogP contribution in [0.4, 0.5) is 74.6 Å². The van der Waals surface area contributed by atoms with Gasteiger partial charge in [-0.05, 0) is 261 Å². The van der Waals surface area contributed by atoms with Crippen LogP contribution >= 0.6 is 0 Å². The predicted molar refractivity (Wildman–Crippen MR) is 640 cm³/mol. The highest BCUT2D eigenvalue weighted by molar-refractivity contribution is 4.97. The second-order valence-corrected chi connectivity index (χ2v) is 67.8. The molecule has 1 aliphatic carbocycles. The Morgan fingerprint density at radius 2 is 0.507 bits per heavy atom. The zero-order chi connectivity index (χ0) is 125. The standard InChI is InChI=1S/3C9H19F.C9H18O.2C9H20.C8H16F2O.2C8H16F2.C8H15F.3C8H17F.C8H18.C7H14F2.C6H12F2/c3*1-6-9(5,10)7-8(2,3)4;1-8(2,3)5-9(4)6-10-7-9;1-8(2,3)7-9(4,5)6;1-6-8(2)7-9(3,4)5;1-7(2,3)5-8(9,10)6-11-4;2*1-5-8(9,10)6-7(2,3)4;1-7(2,3)6-8(9)4-5-8;1-7(6-9)5-8(2,3)4;1-7(2,3)6-8(4,5)9;1-5-7(9)6-8(2,3)4;1-7(2)6-8(3,4)5;1-6(2,3)5-7(4,8)9;1-6(2,3)4-5(7)8/h3*6-7H2,1-5H3;5-7H2,1-4H3;7H2,1-6H3;8H,6-7H2,1-5H3;5-6H2,1-4H3;2*5-6H2,1-4H3;4-6H2,1-3H3;7H,5-6H2,1-4H3;6H2,1-5H3;7H,5-6H2,1-4H3;7H,6H2,1-5H3;5H2,1-4H3;5H,4H2,1-3H3. The molecule has 1 heterocycles. The maximum Gasteiger partial charge on any atom is 0.271 e. The average Bonchev–Trinajstić information content (AvgIpc) is 1.61. The van der Waals surface area contributed by atoms with Gasteiger partial charge in [0.25, 0.3) is 5.92 Å². The van der Waals surface area contributed by atoms with Gasteiger partial charge in [-0.2, -0.15) is 0 Å². The summed E-state index contributed by atoms with van der Waals surface area (Å²) >= 11 is 0. The molecule has 0 amide bonds. The van der Waals surface area contributed by atoms with Crippen molar-refractivity contribution in [3.63, 3.8) is 0 Å². The van der Waals surface area contributed by atoms with Crippen LogP contribution in [0.15, 0.2) is 0 Å². The quantitative estimate of drug-likeness (QED) is 0.0848. The molecular formula is C131H273F17O2. The molecule has 1 saturated heterocycles. The largest absolute Gasteiger partial charge is 0.380 e. The van der Waals surface area contributed by atoms with Gasteiger partial charge in [-0.1, -0.05) is 443 Å². The molecule has 2 rings (SSSR count). The van der Waals surface area contributed by atoms with Gasteiger partial charge in [0, 0.05) is 57.5 Å². The molecule has 19 heteroatoms. The molecule has 2 fully saturated rings. The number of ether oxygens (including phenoxy) is 2. The second-order valence-electron chi connectivity index (χ2n) is 67.8. The normalized spacial score (nSPS) is 16.3. The molecule has 0 aromatic heterocycles. The SMILES string of the molecule is CC(C)(C)CC(C)(C)C.CC(C)(C)CC(C)(C)F.CC(C)(C)CC(C)(F)F.CC(C)(C)CC(F)F.CC(C)(C)CC1(C)COC1.CC(C)(C)CC1(F)CC1.CC(C)CC(C)(C)C.CC(CF)CC(C)(C)C.CCC(C)(F)CC(C)(C)C.CCC(C)(F)CC(C)(C)C.CCC(C)(F)CC(C)(C)C.CCC(C)CC(C)(C)C.CCC(F)(F)CC(C)(C)C.CCC(F)(F)CC(C)(C)C.CCC(F)CC(C)(C)C.COCC(F)(F)CC(C)(C)C. The summed E-state index contributed by atoms with van der Waals surface area (Å²) in [5.74, 6) is -8.19. The Kier molecular flexibility index (Phi) is 88.7. The van der Waals surface area contributed by atoms with E-state index in [1.165, 1.54) is 53.1 Å². The fourth-order valence-electron chi connectivity index (χ4n) is 18.2. The summed E-state index contributed by atoms with van der Waals surface area (Å²) in [7, 11) is 1.29. The van der Waals surface area contributed by atoms with Gasteiger partial charge in [0.05, 0.1) is 19.9 Å². The minimum absolute atomic E-state index is 0.00694. The first-order valence-electron chi connectivity index (χ1n) is 57.8. The number of hydrogen-bond donors (Lipinski definition) is 0. The zero-order valence-electron chi connectivity index (χ0n) is 114. The van der Waals surface area contributed by atoms with E-state index in [0.717, 1.165) is 57.7 Å². The van der Waals surface area contributed by atoms with E-state index in [4.69, 9.17) is 4.74 Å². The Labute approximate surface area is 930 Å². The predicted octanol–water partition coefficient (Wildman–Crippen LogP) is 50.9. The summed E-state index contributed by atoms with van der Waals surface area (Å²) in [4.78, 5) is 0. The summed E-state index contributed by atoms with van der Waals surface area (Å²) in [5.41, 5.74) is -2.07. The van der Waals surface area contributed by atoms with E-state index in [9.17, 15) is 74.6 Å². The Bertz CT molecular complexity index is 2660. The Balaban J connectivity index is -0.000000110. The Morgan fingerprint density at radius 1 is 0.267 bits per heavy atom. The zero-order valence-corrected chi connectivity index (χ0v) is 114. The maximum atomic E-state index is 13.3. The lowest BCUT2D eigenvalue weighted by Gasteiger charge is -2.42. The van der Waals surface area contributed by atoms with Gasteiger partial charge < -0.3 is 9.47 Å². The molecule has 0 N–H and O–H groups in total. The highest BCUT2D eigenvalue weighted by Gasteiger charge is 2.46. The first kappa shape index (κ1) is 179. The van der Waals surface area contributed by atoms with Crippen molar-refractivity contribution in [2.24, 2.45) is 115 Å². The van der Waals surface area contributed by atoms with Crippen molar-refractivity contribution >= 4 is 0 Å². The van der Waals surface area contributed by atoms with Gasteiger partial charge in [-0.25, -0.2) is 70.2 Å². The van der Waals surface area contributed by atoms with Crippen molar-refractivity contribution in [3.8, 4) is 0 Å². The van der Waals surface area contributed by atoms with E-state index in [2.05, 4.69) is 268 Å². The molecule has 0 aromatic carbocycles. The monoisotopic (exact) mass is 2200 g/mol. The lowest BCUT2D eigenvalue weighted by atomic mass is 9.74. The highest BCUT2D eigenvalue weighted by atomic mass is 19.3. The van der Waals surface area contributed by atoms with Crippen molar-refractivity contribution in [3.05, 3.63) is 0 Å². The van der Waals surface area contributed by atoms with Gasteiger partial charge in [-0.15, -0.1) is 0 Å². The summed E-state index contributed by atoms with van der Waals surface area (Å²) in [6.45, 7) is 140. The van der Waals surface area contributed by atoms with Crippen LogP contribution in [-0.4, -0.2) is 98.2 Å². The lowest BCUT2D eigenvalue weighted by Crippen LogP contribution is -2.42. The second kappa shape index (κ2) is 74.4. The van der Waals surface area contributed by atoms with Crippen molar-refractivity contribution in [2.45, 2.75) is 703 Å².